The van der Waals surface area contributed by atoms with Gasteiger partial charge in [0.1, 0.15) is 5.75 Å². The maximum absolute atomic E-state index is 12.3. The van der Waals surface area contributed by atoms with Crippen molar-refractivity contribution in [1.82, 2.24) is 4.90 Å². The highest BCUT2D eigenvalue weighted by atomic mass is 16.5. The van der Waals surface area contributed by atoms with E-state index in [9.17, 15) is 4.79 Å². The highest BCUT2D eigenvalue weighted by molar-refractivity contribution is 5.75. The second-order valence-corrected chi connectivity index (χ2v) is 8.21. The van der Waals surface area contributed by atoms with E-state index in [1.54, 1.807) is 0 Å². The van der Waals surface area contributed by atoms with Gasteiger partial charge in [-0.2, -0.15) is 0 Å². The zero-order valence-corrected chi connectivity index (χ0v) is 18.8. The van der Waals surface area contributed by atoms with Crippen LogP contribution in [-0.2, 0) is 4.79 Å². The van der Waals surface area contributed by atoms with Crippen molar-refractivity contribution >= 4 is 5.97 Å². The Morgan fingerprint density at radius 3 is 2.21 bits per heavy atom. The van der Waals surface area contributed by atoms with Gasteiger partial charge in [0, 0.05) is 11.5 Å². The third-order valence-corrected chi connectivity index (χ3v) is 5.24. The van der Waals surface area contributed by atoms with E-state index in [1.165, 1.54) is 11.1 Å². The molecule has 2 rings (SSSR count). The standard InChI is InChI=1S/C26H37NO2/c1-6-16-27(17-7-2)18-15-23(22-11-9-8-10-12-22)24-19-21(5)13-14-25(24)29-26(28)20(3)4/h8-14,19-20,23H,6-7,15-18H2,1-5H3. The molecular weight excluding hydrogens is 358 g/mol. The summed E-state index contributed by atoms with van der Waals surface area (Å²) in [6.07, 6.45) is 3.33. The summed E-state index contributed by atoms with van der Waals surface area (Å²) >= 11 is 0. The molecule has 0 aliphatic carbocycles. The highest BCUT2D eigenvalue weighted by Crippen LogP contribution is 2.36. The third-order valence-electron chi connectivity index (χ3n) is 5.24. The maximum Gasteiger partial charge on any atom is 0.313 e. The van der Waals surface area contributed by atoms with Gasteiger partial charge in [-0.05, 0) is 57.5 Å². The molecular formula is C26H37NO2. The van der Waals surface area contributed by atoms with Gasteiger partial charge in [0.2, 0.25) is 0 Å². The number of ether oxygens (including phenoxy) is 1. The van der Waals surface area contributed by atoms with Gasteiger partial charge in [-0.1, -0.05) is 75.7 Å². The van der Waals surface area contributed by atoms with E-state index in [1.807, 2.05) is 26.0 Å². The first kappa shape index (κ1) is 23.2. The van der Waals surface area contributed by atoms with E-state index >= 15 is 0 Å². The number of rotatable bonds is 11. The van der Waals surface area contributed by atoms with Crippen molar-refractivity contribution in [3.63, 3.8) is 0 Å². The van der Waals surface area contributed by atoms with Crippen LogP contribution in [0.1, 0.15) is 69.6 Å². The van der Waals surface area contributed by atoms with Gasteiger partial charge >= 0.3 is 5.97 Å². The highest BCUT2D eigenvalue weighted by Gasteiger charge is 2.22. The molecule has 0 heterocycles. The lowest BCUT2D eigenvalue weighted by atomic mass is 9.87. The lowest BCUT2D eigenvalue weighted by Crippen LogP contribution is -2.28. The fourth-order valence-corrected chi connectivity index (χ4v) is 3.73. The third kappa shape index (κ3) is 7.01. The molecule has 0 radical (unpaired) electrons. The van der Waals surface area contributed by atoms with E-state index in [2.05, 4.69) is 62.1 Å². The SMILES string of the molecule is CCCN(CCC)CCC(c1ccccc1)c1cc(C)ccc1OC(=O)C(C)C. The Balaban J connectivity index is 2.38. The van der Waals surface area contributed by atoms with Crippen LogP contribution in [0.2, 0.25) is 0 Å². The van der Waals surface area contributed by atoms with Crippen LogP contribution in [-0.4, -0.2) is 30.5 Å². The summed E-state index contributed by atoms with van der Waals surface area (Å²) in [6.45, 7) is 13.6. The maximum atomic E-state index is 12.3. The average molecular weight is 396 g/mol. The van der Waals surface area contributed by atoms with Crippen molar-refractivity contribution < 1.29 is 9.53 Å². The molecule has 0 bridgehead atoms. The first-order valence-electron chi connectivity index (χ1n) is 11.1. The van der Waals surface area contributed by atoms with Gasteiger partial charge in [0.15, 0.2) is 0 Å². The lowest BCUT2D eigenvalue weighted by molar-refractivity contribution is -0.137. The molecule has 0 amide bonds. The number of carbonyl (C=O) groups is 1. The zero-order chi connectivity index (χ0) is 21.2. The number of nitrogens with zero attached hydrogens (tertiary/aromatic N) is 1. The van der Waals surface area contributed by atoms with Gasteiger partial charge in [-0.3, -0.25) is 4.79 Å². The quantitative estimate of drug-likeness (QED) is 0.335. The Hall–Kier alpha value is -2.13. The summed E-state index contributed by atoms with van der Waals surface area (Å²) in [6, 6.07) is 16.8. The van der Waals surface area contributed by atoms with Crippen molar-refractivity contribution in [2.45, 2.75) is 59.8 Å². The minimum Gasteiger partial charge on any atom is -0.426 e. The van der Waals surface area contributed by atoms with Gasteiger partial charge in [-0.15, -0.1) is 0 Å². The van der Waals surface area contributed by atoms with Crippen LogP contribution in [0.25, 0.3) is 0 Å². The molecule has 0 N–H and O–H groups in total. The molecule has 0 saturated heterocycles. The van der Waals surface area contributed by atoms with Crippen molar-refractivity contribution in [3.05, 3.63) is 65.2 Å². The van der Waals surface area contributed by atoms with E-state index in [4.69, 9.17) is 4.74 Å². The van der Waals surface area contributed by atoms with Gasteiger partial charge in [0.05, 0.1) is 5.92 Å². The number of carbonyl (C=O) groups excluding carboxylic acids is 1. The van der Waals surface area contributed by atoms with Crippen LogP contribution in [0.4, 0.5) is 0 Å². The average Bonchev–Trinajstić information content (AvgIpc) is 2.71. The van der Waals surface area contributed by atoms with Crippen molar-refractivity contribution in [2.75, 3.05) is 19.6 Å². The molecule has 2 aromatic carbocycles. The van der Waals surface area contributed by atoms with E-state index in [-0.39, 0.29) is 17.8 Å². The molecule has 3 heteroatoms. The topological polar surface area (TPSA) is 29.5 Å². The lowest BCUT2D eigenvalue weighted by Gasteiger charge is -2.26. The van der Waals surface area contributed by atoms with Gasteiger partial charge < -0.3 is 9.64 Å². The van der Waals surface area contributed by atoms with Crippen LogP contribution in [0.3, 0.4) is 0 Å². The van der Waals surface area contributed by atoms with Crippen LogP contribution < -0.4 is 4.74 Å². The Labute approximate surface area is 177 Å². The molecule has 0 fully saturated rings. The second kappa shape index (κ2) is 11.8. The predicted molar refractivity (Wildman–Crippen MR) is 122 cm³/mol. The number of benzene rings is 2. The largest absolute Gasteiger partial charge is 0.426 e. The molecule has 2 aromatic rings. The summed E-state index contributed by atoms with van der Waals surface area (Å²) in [5, 5.41) is 0. The molecule has 158 valence electrons. The molecule has 0 spiro atoms. The van der Waals surface area contributed by atoms with Crippen molar-refractivity contribution in [2.24, 2.45) is 5.92 Å². The van der Waals surface area contributed by atoms with E-state index in [0.717, 1.165) is 44.5 Å². The van der Waals surface area contributed by atoms with Crippen LogP contribution in [0.5, 0.6) is 5.75 Å². The van der Waals surface area contributed by atoms with Crippen molar-refractivity contribution in [3.8, 4) is 5.75 Å². The molecule has 0 aromatic heterocycles. The van der Waals surface area contributed by atoms with Crippen LogP contribution in [0, 0.1) is 12.8 Å². The van der Waals surface area contributed by atoms with E-state index < -0.39 is 0 Å². The summed E-state index contributed by atoms with van der Waals surface area (Å²) in [5.74, 6) is 0.562. The van der Waals surface area contributed by atoms with Crippen LogP contribution >= 0.6 is 0 Å². The molecule has 0 saturated carbocycles. The minimum atomic E-state index is -0.180. The van der Waals surface area contributed by atoms with Crippen molar-refractivity contribution in [1.29, 1.82) is 0 Å². The molecule has 29 heavy (non-hydrogen) atoms. The summed E-state index contributed by atoms with van der Waals surface area (Å²) in [5.41, 5.74) is 3.57. The monoisotopic (exact) mass is 395 g/mol. The molecule has 1 atom stereocenters. The minimum absolute atomic E-state index is 0.149. The first-order chi connectivity index (χ1) is 14.0. The number of esters is 1. The Kier molecular flexibility index (Phi) is 9.40. The summed E-state index contributed by atoms with van der Waals surface area (Å²) < 4.78 is 5.81. The normalized spacial score (nSPS) is 12.4. The Morgan fingerprint density at radius 2 is 1.62 bits per heavy atom. The summed E-state index contributed by atoms with van der Waals surface area (Å²) in [4.78, 5) is 14.9. The molecule has 1 unspecified atom stereocenters. The Bertz CT molecular complexity index is 749. The number of hydrogen-bond acceptors (Lipinski definition) is 3. The molecule has 0 aliphatic heterocycles. The fourth-order valence-electron chi connectivity index (χ4n) is 3.73. The Morgan fingerprint density at radius 1 is 0.966 bits per heavy atom. The number of aryl methyl sites for hydroxylation is 1. The predicted octanol–water partition coefficient (Wildman–Crippen LogP) is 6.20. The second-order valence-electron chi connectivity index (χ2n) is 8.21. The van der Waals surface area contributed by atoms with Crippen LogP contribution in [0.15, 0.2) is 48.5 Å². The number of hydrogen-bond donors (Lipinski definition) is 0. The van der Waals surface area contributed by atoms with Gasteiger partial charge in [-0.25, -0.2) is 0 Å². The molecule has 0 aliphatic rings. The smallest absolute Gasteiger partial charge is 0.313 e. The zero-order valence-electron chi connectivity index (χ0n) is 18.8. The molecule has 3 nitrogen and oxygen atoms in total. The summed E-state index contributed by atoms with van der Waals surface area (Å²) in [7, 11) is 0. The van der Waals surface area contributed by atoms with E-state index in [0.29, 0.717) is 5.75 Å². The first-order valence-corrected chi connectivity index (χ1v) is 11.1. The van der Waals surface area contributed by atoms with Gasteiger partial charge in [0.25, 0.3) is 0 Å². The fraction of sp³-hybridized carbons (Fsp3) is 0.500.